The first kappa shape index (κ1) is 13.5. The number of nitriles is 1. The highest BCUT2D eigenvalue weighted by Crippen LogP contribution is 2.16. The maximum atomic E-state index is 11.3. The number of carboxylic acid groups (broad SMARTS) is 1. The van der Waals surface area contributed by atoms with Crippen molar-refractivity contribution in [1.29, 1.82) is 5.26 Å². The van der Waals surface area contributed by atoms with E-state index >= 15 is 0 Å². The summed E-state index contributed by atoms with van der Waals surface area (Å²) in [6.07, 6.45) is 0. The number of nitrogens with zero attached hydrogens (tertiary/aromatic N) is 1. The van der Waals surface area contributed by atoms with Crippen LogP contribution in [0.2, 0.25) is 0 Å². The van der Waals surface area contributed by atoms with Gasteiger partial charge in [0.25, 0.3) is 5.91 Å². The number of hydrogen-bond acceptors (Lipinski definition) is 4. The minimum absolute atomic E-state index is 0.290. The lowest BCUT2D eigenvalue weighted by Gasteiger charge is -2.10. The predicted molar refractivity (Wildman–Crippen MR) is 61.9 cm³/mol. The molecule has 2 N–H and O–H groups in total. The highest BCUT2D eigenvalue weighted by atomic mass is 16.5. The van der Waals surface area contributed by atoms with Gasteiger partial charge in [0.15, 0.2) is 6.61 Å². The van der Waals surface area contributed by atoms with Gasteiger partial charge in [-0.05, 0) is 19.1 Å². The first-order valence-corrected chi connectivity index (χ1v) is 5.18. The Morgan fingerprint density at radius 2 is 2.17 bits per heavy atom. The summed E-state index contributed by atoms with van der Waals surface area (Å²) < 4.78 is 5.14. The molecule has 0 aliphatic carbocycles. The maximum Gasteiger partial charge on any atom is 0.325 e. The number of carbonyl (C=O) groups is 2. The van der Waals surface area contributed by atoms with Gasteiger partial charge in [0, 0.05) is 0 Å². The van der Waals surface area contributed by atoms with Crippen molar-refractivity contribution in [1.82, 2.24) is 5.32 Å². The molecule has 0 aliphatic heterocycles. The van der Waals surface area contributed by atoms with Gasteiger partial charge in [-0.25, -0.2) is 0 Å². The Kier molecular flexibility index (Phi) is 4.69. The second-order valence-electron chi connectivity index (χ2n) is 3.52. The van der Waals surface area contributed by atoms with E-state index in [1.165, 1.54) is 6.92 Å². The molecule has 0 heterocycles. The Balaban J connectivity index is 2.53. The topological polar surface area (TPSA) is 99.4 Å². The van der Waals surface area contributed by atoms with Crippen molar-refractivity contribution < 1.29 is 19.4 Å². The zero-order valence-corrected chi connectivity index (χ0v) is 9.71. The number of nitrogens with one attached hydrogen (secondary N) is 1. The van der Waals surface area contributed by atoms with E-state index in [1.807, 2.05) is 6.07 Å². The number of amides is 1. The van der Waals surface area contributed by atoms with Crippen LogP contribution in [0.3, 0.4) is 0 Å². The van der Waals surface area contributed by atoms with E-state index in [0.717, 1.165) is 0 Å². The number of carbonyl (C=O) groups excluding carboxylic acids is 1. The van der Waals surface area contributed by atoms with Crippen molar-refractivity contribution in [3.05, 3.63) is 29.8 Å². The van der Waals surface area contributed by atoms with E-state index in [0.29, 0.717) is 5.56 Å². The summed E-state index contributed by atoms with van der Waals surface area (Å²) >= 11 is 0. The summed E-state index contributed by atoms with van der Waals surface area (Å²) in [5.74, 6) is -1.39. The molecule has 0 aliphatic rings. The average Bonchev–Trinajstić information content (AvgIpc) is 2.36. The van der Waals surface area contributed by atoms with Gasteiger partial charge in [-0.1, -0.05) is 12.1 Å². The van der Waals surface area contributed by atoms with Crippen molar-refractivity contribution in [2.24, 2.45) is 0 Å². The Morgan fingerprint density at radius 1 is 1.50 bits per heavy atom. The van der Waals surface area contributed by atoms with Crippen LogP contribution >= 0.6 is 0 Å². The smallest absolute Gasteiger partial charge is 0.325 e. The zero-order chi connectivity index (χ0) is 13.5. The van der Waals surface area contributed by atoms with Crippen LogP contribution in [0.1, 0.15) is 12.5 Å². The number of carboxylic acids is 1. The Hall–Kier alpha value is -2.55. The van der Waals surface area contributed by atoms with Crippen LogP contribution < -0.4 is 10.1 Å². The third-order valence-electron chi connectivity index (χ3n) is 2.11. The number of benzene rings is 1. The number of rotatable bonds is 5. The summed E-state index contributed by atoms with van der Waals surface area (Å²) in [5, 5.41) is 19.6. The second kappa shape index (κ2) is 6.25. The highest BCUT2D eigenvalue weighted by molar-refractivity contribution is 5.84. The Bertz CT molecular complexity index is 493. The monoisotopic (exact) mass is 248 g/mol. The fourth-order valence-corrected chi connectivity index (χ4v) is 1.17. The molecule has 6 nitrogen and oxygen atoms in total. The van der Waals surface area contributed by atoms with Gasteiger partial charge in [0.1, 0.15) is 17.9 Å². The summed E-state index contributed by atoms with van der Waals surface area (Å²) in [5.41, 5.74) is 0.316. The summed E-state index contributed by atoms with van der Waals surface area (Å²) in [6, 6.07) is 7.43. The van der Waals surface area contributed by atoms with Crippen molar-refractivity contribution in [2.45, 2.75) is 13.0 Å². The molecule has 0 saturated heterocycles. The first-order chi connectivity index (χ1) is 8.54. The van der Waals surface area contributed by atoms with E-state index in [-0.39, 0.29) is 12.4 Å². The molecule has 0 unspecified atom stereocenters. The Morgan fingerprint density at radius 3 is 2.78 bits per heavy atom. The molecule has 94 valence electrons. The molecule has 6 heteroatoms. The van der Waals surface area contributed by atoms with Crippen LogP contribution in [0.4, 0.5) is 0 Å². The normalized spacial score (nSPS) is 11.1. The quantitative estimate of drug-likeness (QED) is 0.791. The third-order valence-corrected chi connectivity index (χ3v) is 2.11. The number of para-hydroxylation sites is 1. The number of ether oxygens (including phenoxy) is 1. The largest absolute Gasteiger partial charge is 0.482 e. The molecule has 1 aromatic carbocycles. The van der Waals surface area contributed by atoms with Crippen molar-refractivity contribution in [3.8, 4) is 11.8 Å². The Labute approximate surface area is 104 Å². The van der Waals surface area contributed by atoms with E-state index < -0.39 is 17.9 Å². The molecule has 0 spiro atoms. The molecule has 0 fully saturated rings. The molecule has 1 aromatic rings. The van der Waals surface area contributed by atoms with Crippen LogP contribution in [-0.2, 0) is 9.59 Å². The summed E-state index contributed by atoms with van der Waals surface area (Å²) in [7, 11) is 0. The third kappa shape index (κ3) is 3.79. The lowest BCUT2D eigenvalue weighted by atomic mass is 10.2. The fraction of sp³-hybridized carbons (Fsp3) is 0.250. The van der Waals surface area contributed by atoms with Crippen LogP contribution in [0, 0.1) is 11.3 Å². The second-order valence-corrected chi connectivity index (χ2v) is 3.52. The molecular formula is C12H12N2O4. The zero-order valence-electron chi connectivity index (χ0n) is 9.71. The van der Waals surface area contributed by atoms with Gasteiger partial charge in [0.2, 0.25) is 0 Å². The molecular weight excluding hydrogens is 236 g/mol. The summed E-state index contributed by atoms with van der Waals surface area (Å²) in [6.45, 7) is 1.01. The van der Waals surface area contributed by atoms with Gasteiger partial charge >= 0.3 is 5.97 Å². The van der Waals surface area contributed by atoms with Crippen molar-refractivity contribution in [3.63, 3.8) is 0 Å². The van der Waals surface area contributed by atoms with Crippen molar-refractivity contribution in [2.75, 3.05) is 6.61 Å². The maximum absolute atomic E-state index is 11.3. The lowest BCUT2D eigenvalue weighted by molar-refractivity contribution is -0.141. The number of hydrogen-bond donors (Lipinski definition) is 2. The minimum atomic E-state index is -1.12. The molecule has 1 atom stereocenters. The van der Waals surface area contributed by atoms with Gasteiger partial charge in [-0.2, -0.15) is 5.26 Å². The van der Waals surface area contributed by atoms with Crippen LogP contribution in [0.25, 0.3) is 0 Å². The molecule has 0 saturated carbocycles. The average molecular weight is 248 g/mol. The molecule has 0 radical (unpaired) electrons. The van der Waals surface area contributed by atoms with Crippen LogP contribution in [0.5, 0.6) is 5.75 Å². The van der Waals surface area contributed by atoms with Crippen LogP contribution in [0.15, 0.2) is 24.3 Å². The molecule has 0 bridgehead atoms. The van der Waals surface area contributed by atoms with Gasteiger partial charge in [-0.15, -0.1) is 0 Å². The first-order valence-electron chi connectivity index (χ1n) is 5.18. The molecule has 1 amide bonds. The molecule has 0 aromatic heterocycles. The molecule has 1 rings (SSSR count). The number of aliphatic carboxylic acids is 1. The van der Waals surface area contributed by atoms with E-state index in [1.54, 1.807) is 24.3 Å². The van der Waals surface area contributed by atoms with E-state index in [9.17, 15) is 9.59 Å². The highest BCUT2D eigenvalue weighted by Gasteiger charge is 2.14. The fourth-order valence-electron chi connectivity index (χ4n) is 1.17. The van der Waals surface area contributed by atoms with E-state index in [2.05, 4.69) is 5.32 Å². The van der Waals surface area contributed by atoms with Gasteiger partial charge in [-0.3, -0.25) is 9.59 Å². The van der Waals surface area contributed by atoms with E-state index in [4.69, 9.17) is 15.1 Å². The van der Waals surface area contributed by atoms with Crippen LogP contribution in [-0.4, -0.2) is 29.6 Å². The SMILES string of the molecule is C[C@@H](NC(=O)COc1ccccc1C#N)C(=O)O. The van der Waals surface area contributed by atoms with Crippen molar-refractivity contribution >= 4 is 11.9 Å². The lowest BCUT2D eigenvalue weighted by Crippen LogP contribution is -2.40. The van der Waals surface area contributed by atoms with Gasteiger partial charge < -0.3 is 15.2 Å². The standard InChI is InChI=1S/C12H12N2O4/c1-8(12(16)17)14-11(15)7-18-10-5-3-2-4-9(10)6-13/h2-5,8H,7H2,1H3,(H,14,15)(H,16,17)/t8-/m1/s1. The minimum Gasteiger partial charge on any atom is -0.482 e. The van der Waals surface area contributed by atoms with Gasteiger partial charge in [0.05, 0.1) is 5.56 Å². The molecule has 18 heavy (non-hydrogen) atoms. The summed E-state index contributed by atoms with van der Waals surface area (Å²) in [4.78, 5) is 21.9. The predicted octanol–water partition coefficient (Wildman–Crippen LogP) is 0.526.